The van der Waals surface area contributed by atoms with E-state index in [2.05, 4.69) is 20.5 Å². The third kappa shape index (κ3) is 2.42. The van der Waals surface area contributed by atoms with Crippen LogP contribution >= 0.6 is 0 Å². The maximum absolute atomic E-state index is 12.7. The average Bonchev–Trinajstić information content (AvgIpc) is 3.01. The summed E-state index contributed by atoms with van der Waals surface area (Å²) in [7, 11) is 0. The Morgan fingerprint density at radius 2 is 2.00 bits per heavy atom. The Bertz CT molecular complexity index is 1040. The first-order valence-corrected chi connectivity index (χ1v) is 7.31. The van der Waals surface area contributed by atoms with Crippen LogP contribution in [0.5, 0.6) is 0 Å². The van der Waals surface area contributed by atoms with Crippen LogP contribution in [-0.4, -0.2) is 21.1 Å². The van der Waals surface area contributed by atoms with Gasteiger partial charge in [-0.1, -0.05) is 18.2 Å². The Morgan fingerprint density at radius 3 is 2.91 bits per heavy atom. The molecule has 0 radical (unpaired) electrons. The second kappa shape index (κ2) is 5.21. The molecule has 1 amide bonds. The number of pyridine rings is 1. The molecule has 2 N–H and O–H groups in total. The number of hydrogen-bond acceptors (Lipinski definition) is 3. The molecule has 23 heavy (non-hydrogen) atoms. The van der Waals surface area contributed by atoms with Crippen molar-refractivity contribution in [2.24, 2.45) is 0 Å². The molecule has 0 saturated carbocycles. The summed E-state index contributed by atoms with van der Waals surface area (Å²) in [4.78, 5) is 17.2. The third-order valence-electron chi connectivity index (χ3n) is 3.79. The number of carbonyl (C=O) groups excluding carboxylic acids is 1. The van der Waals surface area contributed by atoms with Crippen LogP contribution in [-0.2, 0) is 0 Å². The number of hydrogen-bond donors (Lipinski definition) is 2. The molecule has 0 aliphatic heterocycles. The van der Waals surface area contributed by atoms with Crippen LogP contribution in [0.3, 0.4) is 0 Å². The molecule has 0 saturated heterocycles. The summed E-state index contributed by atoms with van der Waals surface area (Å²) in [5.74, 6) is -0.144. The average molecular weight is 302 g/mol. The van der Waals surface area contributed by atoms with E-state index in [0.717, 1.165) is 33.2 Å². The fraction of sp³-hybridized carbons (Fsp3) is 0.0556. The molecule has 0 atom stereocenters. The first-order chi connectivity index (χ1) is 11.2. The summed E-state index contributed by atoms with van der Waals surface area (Å²) in [6, 6.07) is 15.1. The summed E-state index contributed by atoms with van der Waals surface area (Å²) < 4.78 is 0. The van der Waals surface area contributed by atoms with E-state index in [9.17, 15) is 4.79 Å². The van der Waals surface area contributed by atoms with Crippen LogP contribution in [0.2, 0.25) is 0 Å². The van der Waals surface area contributed by atoms with Crippen LogP contribution in [0.15, 0.2) is 54.7 Å². The summed E-state index contributed by atoms with van der Waals surface area (Å²) in [6.45, 7) is 1.89. The molecular formula is C18H14N4O. The molecular weight excluding hydrogens is 288 g/mol. The number of nitrogens with zero attached hydrogens (tertiary/aromatic N) is 2. The minimum absolute atomic E-state index is 0.144. The van der Waals surface area contributed by atoms with E-state index >= 15 is 0 Å². The highest BCUT2D eigenvalue weighted by atomic mass is 16.1. The van der Waals surface area contributed by atoms with Gasteiger partial charge in [0.1, 0.15) is 0 Å². The van der Waals surface area contributed by atoms with Gasteiger partial charge in [0.2, 0.25) is 0 Å². The van der Waals surface area contributed by atoms with Gasteiger partial charge in [-0.05, 0) is 37.3 Å². The Labute approximate surface area is 132 Å². The fourth-order valence-electron chi connectivity index (χ4n) is 2.71. The van der Waals surface area contributed by atoms with Gasteiger partial charge < -0.3 is 5.32 Å². The van der Waals surface area contributed by atoms with E-state index in [1.165, 1.54) is 0 Å². The van der Waals surface area contributed by atoms with E-state index < -0.39 is 0 Å². The number of fused-ring (bicyclic) bond motifs is 2. The van der Waals surface area contributed by atoms with Crippen LogP contribution < -0.4 is 5.32 Å². The largest absolute Gasteiger partial charge is 0.322 e. The highest BCUT2D eigenvalue weighted by molar-refractivity contribution is 6.12. The zero-order valence-corrected chi connectivity index (χ0v) is 12.5. The highest BCUT2D eigenvalue weighted by Crippen LogP contribution is 2.21. The number of nitrogens with one attached hydrogen (secondary N) is 2. The first-order valence-electron chi connectivity index (χ1n) is 7.31. The van der Waals surface area contributed by atoms with Crippen LogP contribution in [0.4, 0.5) is 5.69 Å². The van der Waals surface area contributed by atoms with Crippen molar-refractivity contribution in [2.45, 2.75) is 6.92 Å². The Balaban J connectivity index is 1.74. The van der Waals surface area contributed by atoms with Crippen molar-refractivity contribution >= 4 is 33.4 Å². The summed E-state index contributed by atoms with van der Waals surface area (Å²) in [5.41, 5.74) is 3.94. The Hall–Kier alpha value is -3.21. The molecule has 2 aromatic heterocycles. The second-order valence-electron chi connectivity index (χ2n) is 5.45. The standard InChI is InChI=1S/C18H14N4O/c1-11-8-15(14-4-2-3-5-17(14)20-11)18(23)21-13-6-7-16-12(9-13)10-19-22-16/h2-10H,1H3,(H,19,22)(H,21,23). The molecule has 4 rings (SSSR count). The predicted molar refractivity (Wildman–Crippen MR) is 90.5 cm³/mol. The number of aromatic nitrogens is 3. The SMILES string of the molecule is Cc1cc(C(=O)Nc2ccc3[nH]ncc3c2)c2ccccc2n1. The van der Waals surface area contributed by atoms with Crippen LogP contribution in [0, 0.1) is 6.92 Å². The maximum atomic E-state index is 12.7. The van der Waals surface area contributed by atoms with Crippen molar-refractivity contribution in [2.75, 3.05) is 5.32 Å². The fourth-order valence-corrected chi connectivity index (χ4v) is 2.71. The van der Waals surface area contributed by atoms with Crippen molar-refractivity contribution in [1.29, 1.82) is 0 Å². The molecule has 5 heteroatoms. The predicted octanol–water partition coefficient (Wildman–Crippen LogP) is 3.67. The van der Waals surface area contributed by atoms with Gasteiger partial charge in [-0.15, -0.1) is 0 Å². The number of aromatic amines is 1. The number of rotatable bonds is 2. The molecule has 2 aromatic carbocycles. The second-order valence-corrected chi connectivity index (χ2v) is 5.45. The molecule has 4 aromatic rings. The monoisotopic (exact) mass is 302 g/mol. The Morgan fingerprint density at radius 1 is 1.13 bits per heavy atom. The molecule has 0 fully saturated rings. The lowest BCUT2D eigenvalue weighted by atomic mass is 10.1. The van der Waals surface area contributed by atoms with Crippen LogP contribution in [0.25, 0.3) is 21.8 Å². The van der Waals surface area contributed by atoms with Crippen molar-refractivity contribution in [3.05, 3.63) is 66.0 Å². The number of para-hydroxylation sites is 1. The number of carbonyl (C=O) groups is 1. The van der Waals surface area contributed by atoms with E-state index in [-0.39, 0.29) is 5.91 Å². The molecule has 0 aliphatic rings. The molecule has 0 unspecified atom stereocenters. The molecule has 0 spiro atoms. The van der Waals surface area contributed by atoms with Gasteiger partial charge in [0, 0.05) is 22.2 Å². The van der Waals surface area contributed by atoms with Gasteiger partial charge in [-0.2, -0.15) is 5.10 Å². The molecule has 0 aliphatic carbocycles. The van der Waals surface area contributed by atoms with Crippen molar-refractivity contribution < 1.29 is 4.79 Å². The summed E-state index contributed by atoms with van der Waals surface area (Å²) in [5, 5.41) is 11.6. The van der Waals surface area contributed by atoms with Gasteiger partial charge in [-0.3, -0.25) is 14.9 Å². The summed E-state index contributed by atoms with van der Waals surface area (Å²) in [6.07, 6.45) is 1.73. The molecule has 5 nitrogen and oxygen atoms in total. The topological polar surface area (TPSA) is 70.7 Å². The van der Waals surface area contributed by atoms with E-state index in [1.54, 1.807) is 6.20 Å². The molecule has 0 bridgehead atoms. The van der Waals surface area contributed by atoms with Gasteiger partial charge in [-0.25, -0.2) is 0 Å². The Kier molecular flexibility index (Phi) is 3.05. The van der Waals surface area contributed by atoms with E-state index in [0.29, 0.717) is 5.56 Å². The van der Waals surface area contributed by atoms with Crippen LogP contribution in [0.1, 0.15) is 16.1 Å². The number of benzene rings is 2. The quantitative estimate of drug-likeness (QED) is 0.593. The minimum atomic E-state index is -0.144. The number of aryl methyl sites for hydroxylation is 1. The van der Waals surface area contributed by atoms with Gasteiger partial charge in [0.05, 0.1) is 22.8 Å². The highest BCUT2D eigenvalue weighted by Gasteiger charge is 2.12. The smallest absolute Gasteiger partial charge is 0.256 e. The van der Waals surface area contributed by atoms with Gasteiger partial charge in [0.15, 0.2) is 0 Å². The normalized spacial score (nSPS) is 11.0. The van der Waals surface area contributed by atoms with Crippen molar-refractivity contribution in [3.8, 4) is 0 Å². The first kappa shape index (κ1) is 13.5. The third-order valence-corrected chi connectivity index (χ3v) is 3.79. The van der Waals surface area contributed by atoms with E-state index in [1.807, 2.05) is 55.5 Å². The number of H-pyrrole nitrogens is 1. The van der Waals surface area contributed by atoms with Gasteiger partial charge >= 0.3 is 0 Å². The molecule has 2 heterocycles. The zero-order valence-electron chi connectivity index (χ0n) is 12.5. The van der Waals surface area contributed by atoms with E-state index in [4.69, 9.17) is 0 Å². The lowest BCUT2D eigenvalue weighted by Gasteiger charge is -2.09. The molecule has 112 valence electrons. The number of anilines is 1. The maximum Gasteiger partial charge on any atom is 0.256 e. The number of amides is 1. The zero-order chi connectivity index (χ0) is 15.8. The minimum Gasteiger partial charge on any atom is -0.322 e. The van der Waals surface area contributed by atoms with Crippen molar-refractivity contribution in [3.63, 3.8) is 0 Å². The van der Waals surface area contributed by atoms with Gasteiger partial charge in [0.25, 0.3) is 5.91 Å². The summed E-state index contributed by atoms with van der Waals surface area (Å²) >= 11 is 0. The van der Waals surface area contributed by atoms with Crippen molar-refractivity contribution in [1.82, 2.24) is 15.2 Å². The lowest BCUT2D eigenvalue weighted by Crippen LogP contribution is -2.13. The lowest BCUT2D eigenvalue weighted by molar-refractivity contribution is 0.102.